The summed E-state index contributed by atoms with van der Waals surface area (Å²) >= 11 is 0. The first-order valence-electron chi connectivity index (χ1n) is 6.09. The summed E-state index contributed by atoms with van der Waals surface area (Å²) in [5, 5.41) is 0. The Morgan fingerprint density at radius 2 is 1.79 bits per heavy atom. The van der Waals surface area contributed by atoms with Gasteiger partial charge in [0, 0.05) is 25.7 Å². The molecule has 0 N–H and O–H groups in total. The Kier molecular flexibility index (Phi) is 4.90. The van der Waals surface area contributed by atoms with Gasteiger partial charge in [-0.15, -0.1) is 0 Å². The van der Waals surface area contributed by atoms with Gasteiger partial charge in [0.05, 0.1) is 6.61 Å². The van der Waals surface area contributed by atoms with Crippen LogP contribution in [0.5, 0.6) is 0 Å². The highest BCUT2D eigenvalue weighted by Crippen LogP contribution is 2.30. The highest BCUT2D eigenvalue weighted by Gasteiger charge is 2.35. The summed E-state index contributed by atoms with van der Waals surface area (Å²) in [6, 6.07) is 0.718. The van der Waals surface area contributed by atoms with E-state index in [1.807, 2.05) is 13.8 Å². The van der Waals surface area contributed by atoms with E-state index < -0.39 is 0 Å². The maximum atomic E-state index is 5.48. The van der Waals surface area contributed by atoms with Crippen LogP contribution in [0, 0.1) is 11.8 Å². The van der Waals surface area contributed by atoms with Gasteiger partial charge < -0.3 is 9.64 Å². The fraction of sp³-hybridized carbons (Fsp3) is 1.00. The number of nitrogens with zero attached hydrogens (tertiary/aromatic N) is 1. The second-order valence-corrected chi connectivity index (χ2v) is 4.43. The molecule has 0 aromatic carbocycles. The third kappa shape index (κ3) is 2.71. The monoisotopic (exact) mass is 199 g/mol. The van der Waals surface area contributed by atoms with Gasteiger partial charge >= 0.3 is 0 Å². The summed E-state index contributed by atoms with van der Waals surface area (Å²) in [5.41, 5.74) is 0. The van der Waals surface area contributed by atoms with Crippen LogP contribution in [0.4, 0.5) is 0 Å². The van der Waals surface area contributed by atoms with Crippen LogP contribution in [0.3, 0.4) is 0 Å². The smallest absolute Gasteiger partial charge is 0.0509 e. The Hall–Kier alpha value is -0.0800. The SMILES string of the molecule is CC.CC(C)N1CC2CCOCC2C1. The lowest BCUT2D eigenvalue weighted by molar-refractivity contribution is 0.0369. The highest BCUT2D eigenvalue weighted by atomic mass is 16.5. The highest BCUT2D eigenvalue weighted by molar-refractivity contribution is 4.87. The number of hydrogen-bond acceptors (Lipinski definition) is 2. The van der Waals surface area contributed by atoms with Crippen molar-refractivity contribution in [3.8, 4) is 0 Å². The lowest BCUT2D eigenvalue weighted by Gasteiger charge is -2.23. The molecule has 2 heterocycles. The van der Waals surface area contributed by atoms with E-state index in [2.05, 4.69) is 18.7 Å². The van der Waals surface area contributed by atoms with E-state index in [0.29, 0.717) is 0 Å². The third-order valence-electron chi connectivity index (χ3n) is 3.30. The topological polar surface area (TPSA) is 12.5 Å². The van der Waals surface area contributed by atoms with Gasteiger partial charge in [0.15, 0.2) is 0 Å². The zero-order valence-corrected chi connectivity index (χ0v) is 10.1. The number of hydrogen-bond donors (Lipinski definition) is 0. The Labute approximate surface area is 88.6 Å². The summed E-state index contributed by atoms with van der Waals surface area (Å²) in [6.07, 6.45) is 1.29. The fourth-order valence-electron chi connectivity index (χ4n) is 2.38. The van der Waals surface area contributed by atoms with Gasteiger partial charge in [-0.05, 0) is 32.1 Å². The first-order chi connectivity index (χ1) is 6.77. The van der Waals surface area contributed by atoms with Crippen LogP contribution in [-0.4, -0.2) is 37.2 Å². The minimum Gasteiger partial charge on any atom is -0.381 e. The molecule has 2 heteroatoms. The summed E-state index contributed by atoms with van der Waals surface area (Å²) < 4.78 is 5.48. The van der Waals surface area contributed by atoms with Crippen molar-refractivity contribution >= 4 is 0 Å². The van der Waals surface area contributed by atoms with Gasteiger partial charge in [0.2, 0.25) is 0 Å². The minimum atomic E-state index is 0.718. The van der Waals surface area contributed by atoms with E-state index in [1.54, 1.807) is 0 Å². The van der Waals surface area contributed by atoms with Crippen molar-refractivity contribution in [3.63, 3.8) is 0 Å². The van der Waals surface area contributed by atoms with E-state index in [-0.39, 0.29) is 0 Å². The van der Waals surface area contributed by atoms with Crippen molar-refractivity contribution < 1.29 is 4.74 Å². The van der Waals surface area contributed by atoms with Crippen molar-refractivity contribution in [2.75, 3.05) is 26.3 Å². The maximum Gasteiger partial charge on any atom is 0.0509 e. The Morgan fingerprint density at radius 1 is 1.14 bits per heavy atom. The first-order valence-corrected chi connectivity index (χ1v) is 6.09. The second-order valence-electron chi connectivity index (χ2n) is 4.43. The molecule has 0 saturated carbocycles. The predicted molar refractivity (Wildman–Crippen MR) is 60.5 cm³/mol. The summed E-state index contributed by atoms with van der Waals surface area (Å²) in [4.78, 5) is 2.59. The third-order valence-corrected chi connectivity index (χ3v) is 3.30. The van der Waals surface area contributed by atoms with E-state index in [0.717, 1.165) is 31.1 Å². The van der Waals surface area contributed by atoms with Gasteiger partial charge in [-0.1, -0.05) is 13.8 Å². The Morgan fingerprint density at radius 3 is 2.36 bits per heavy atom. The molecule has 0 bridgehead atoms. The van der Waals surface area contributed by atoms with Crippen molar-refractivity contribution in [2.24, 2.45) is 11.8 Å². The lowest BCUT2D eigenvalue weighted by Crippen LogP contribution is -2.28. The molecule has 2 unspecified atom stereocenters. The van der Waals surface area contributed by atoms with Gasteiger partial charge in [-0.2, -0.15) is 0 Å². The normalized spacial score (nSPS) is 32.4. The van der Waals surface area contributed by atoms with Crippen LogP contribution in [0.2, 0.25) is 0 Å². The molecule has 2 fully saturated rings. The standard InChI is InChI=1S/C10H19NO.C2H6/c1-8(2)11-5-9-3-4-12-7-10(9)6-11;1-2/h8-10H,3-7H2,1-2H3;1-2H3. The van der Waals surface area contributed by atoms with Gasteiger partial charge in [0.1, 0.15) is 0 Å². The minimum absolute atomic E-state index is 0.718. The lowest BCUT2D eigenvalue weighted by atomic mass is 9.92. The molecule has 2 rings (SSSR count). The number of rotatable bonds is 1. The average Bonchev–Trinajstić information content (AvgIpc) is 2.64. The summed E-state index contributed by atoms with van der Waals surface area (Å²) in [7, 11) is 0. The Bertz CT molecular complexity index is 144. The molecule has 0 amide bonds. The molecular weight excluding hydrogens is 174 g/mol. The molecule has 2 saturated heterocycles. The summed E-state index contributed by atoms with van der Waals surface area (Å²) in [6.45, 7) is 13.2. The van der Waals surface area contributed by atoms with Crippen molar-refractivity contribution in [1.29, 1.82) is 0 Å². The number of likely N-dealkylation sites (tertiary alicyclic amines) is 1. The molecule has 2 aliphatic rings. The molecular formula is C12H25NO. The van der Waals surface area contributed by atoms with Crippen molar-refractivity contribution in [3.05, 3.63) is 0 Å². The van der Waals surface area contributed by atoms with Gasteiger partial charge in [0.25, 0.3) is 0 Å². The van der Waals surface area contributed by atoms with Gasteiger partial charge in [-0.25, -0.2) is 0 Å². The number of fused-ring (bicyclic) bond motifs is 1. The molecule has 0 aliphatic carbocycles. The van der Waals surface area contributed by atoms with E-state index in [1.165, 1.54) is 19.5 Å². The molecule has 2 aliphatic heterocycles. The van der Waals surface area contributed by atoms with Crippen LogP contribution >= 0.6 is 0 Å². The largest absolute Gasteiger partial charge is 0.381 e. The zero-order valence-electron chi connectivity index (χ0n) is 10.1. The van der Waals surface area contributed by atoms with Crippen molar-refractivity contribution in [1.82, 2.24) is 4.90 Å². The zero-order chi connectivity index (χ0) is 10.6. The van der Waals surface area contributed by atoms with E-state index >= 15 is 0 Å². The van der Waals surface area contributed by atoms with Crippen LogP contribution in [-0.2, 0) is 4.74 Å². The Balaban J connectivity index is 0.000000461. The van der Waals surface area contributed by atoms with Gasteiger partial charge in [-0.3, -0.25) is 0 Å². The van der Waals surface area contributed by atoms with Crippen LogP contribution < -0.4 is 0 Å². The molecule has 0 aromatic rings. The molecule has 0 radical (unpaired) electrons. The predicted octanol–water partition coefficient (Wildman–Crippen LogP) is 2.39. The quantitative estimate of drug-likeness (QED) is 0.643. The van der Waals surface area contributed by atoms with Crippen molar-refractivity contribution in [2.45, 2.75) is 40.2 Å². The second kappa shape index (κ2) is 5.72. The molecule has 84 valence electrons. The van der Waals surface area contributed by atoms with E-state index in [4.69, 9.17) is 4.74 Å². The number of ether oxygens (including phenoxy) is 1. The summed E-state index contributed by atoms with van der Waals surface area (Å²) in [5.74, 6) is 1.77. The van der Waals surface area contributed by atoms with E-state index in [9.17, 15) is 0 Å². The molecule has 0 spiro atoms. The average molecular weight is 199 g/mol. The van der Waals surface area contributed by atoms with Crippen LogP contribution in [0.1, 0.15) is 34.1 Å². The van der Waals surface area contributed by atoms with Crippen LogP contribution in [0.15, 0.2) is 0 Å². The molecule has 2 nitrogen and oxygen atoms in total. The first kappa shape index (κ1) is 12.0. The maximum absolute atomic E-state index is 5.48. The van der Waals surface area contributed by atoms with Crippen LogP contribution in [0.25, 0.3) is 0 Å². The fourth-order valence-corrected chi connectivity index (χ4v) is 2.38. The molecule has 2 atom stereocenters. The molecule has 0 aromatic heterocycles. The molecule has 14 heavy (non-hydrogen) atoms.